The molecule has 0 fully saturated rings. The van der Waals surface area contributed by atoms with Gasteiger partial charge in [0.2, 0.25) is 11.1 Å². The second kappa shape index (κ2) is 7.06. The van der Waals surface area contributed by atoms with Gasteiger partial charge in [-0.05, 0) is 36.9 Å². The fourth-order valence-electron chi connectivity index (χ4n) is 2.22. The number of hydrogen-bond donors (Lipinski definition) is 2. The summed E-state index contributed by atoms with van der Waals surface area (Å²) in [5, 5.41) is 13.5. The van der Waals surface area contributed by atoms with Crippen LogP contribution in [0.2, 0.25) is 0 Å². The molecule has 3 N–H and O–H groups in total. The van der Waals surface area contributed by atoms with Crippen LogP contribution >= 0.6 is 23.1 Å². The normalized spacial score (nSPS) is 10.8. The summed E-state index contributed by atoms with van der Waals surface area (Å²) < 4.78 is 1.42. The number of nitrogens with two attached hydrogens (primary N) is 1. The maximum Gasteiger partial charge on any atom is 0.234 e. The van der Waals surface area contributed by atoms with E-state index in [1.807, 2.05) is 49.6 Å². The number of carbonyl (C=O) groups excluding carboxylic acids is 1. The van der Waals surface area contributed by atoms with Gasteiger partial charge in [-0.1, -0.05) is 35.5 Å². The number of rotatable bonds is 5. The molecule has 0 bridgehead atoms. The second-order valence-corrected chi connectivity index (χ2v) is 7.20. The molecular weight excluding hydrogens is 342 g/mol. The number of aromatic nitrogens is 3. The SMILES string of the molecule is Cc1ccc(NC(=O)CSc2nnc(-c3cccs3)n2N)c(C)c1. The van der Waals surface area contributed by atoms with Crippen molar-refractivity contribution in [1.82, 2.24) is 14.9 Å². The first kappa shape index (κ1) is 16.5. The first-order valence-corrected chi connectivity index (χ1v) is 9.15. The van der Waals surface area contributed by atoms with Crippen LogP contribution in [0.15, 0.2) is 40.9 Å². The summed E-state index contributed by atoms with van der Waals surface area (Å²) in [6.07, 6.45) is 0. The Morgan fingerprint density at radius 3 is 2.88 bits per heavy atom. The van der Waals surface area contributed by atoms with Crippen molar-refractivity contribution in [2.24, 2.45) is 0 Å². The lowest BCUT2D eigenvalue weighted by Gasteiger charge is -2.08. The molecule has 3 aromatic rings. The third-order valence-corrected chi connectivity index (χ3v) is 5.20. The quantitative estimate of drug-likeness (QED) is 0.540. The molecule has 0 unspecified atom stereocenters. The molecule has 0 saturated carbocycles. The number of amides is 1. The first-order valence-electron chi connectivity index (χ1n) is 7.29. The van der Waals surface area contributed by atoms with Crippen LogP contribution < -0.4 is 11.2 Å². The van der Waals surface area contributed by atoms with Crippen molar-refractivity contribution < 1.29 is 4.79 Å². The van der Waals surface area contributed by atoms with Crippen LogP contribution in [0.3, 0.4) is 0 Å². The van der Waals surface area contributed by atoms with Gasteiger partial charge in [-0.15, -0.1) is 21.5 Å². The van der Waals surface area contributed by atoms with Gasteiger partial charge in [0.15, 0.2) is 5.82 Å². The third kappa shape index (κ3) is 3.60. The fraction of sp³-hybridized carbons (Fsp3) is 0.188. The van der Waals surface area contributed by atoms with Gasteiger partial charge in [-0.3, -0.25) is 4.79 Å². The number of thioether (sulfide) groups is 1. The van der Waals surface area contributed by atoms with E-state index >= 15 is 0 Å². The fourth-order valence-corrected chi connectivity index (χ4v) is 3.58. The Kier molecular flexibility index (Phi) is 4.86. The second-order valence-electron chi connectivity index (χ2n) is 5.31. The highest BCUT2D eigenvalue weighted by molar-refractivity contribution is 7.99. The monoisotopic (exact) mass is 359 g/mol. The van der Waals surface area contributed by atoms with E-state index in [9.17, 15) is 4.79 Å². The molecule has 8 heteroatoms. The molecule has 6 nitrogen and oxygen atoms in total. The van der Waals surface area contributed by atoms with E-state index in [1.54, 1.807) is 11.3 Å². The van der Waals surface area contributed by atoms with Gasteiger partial charge < -0.3 is 11.2 Å². The Balaban J connectivity index is 1.62. The highest BCUT2D eigenvalue weighted by Crippen LogP contribution is 2.25. The van der Waals surface area contributed by atoms with Crippen molar-refractivity contribution in [1.29, 1.82) is 0 Å². The van der Waals surface area contributed by atoms with Crippen LogP contribution in [0.5, 0.6) is 0 Å². The molecule has 2 heterocycles. The minimum atomic E-state index is -0.104. The van der Waals surface area contributed by atoms with E-state index in [2.05, 4.69) is 15.5 Å². The number of aryl methyl sites for hydroxylation is 2. The lowest BCUT2D eigenvalue weighted by molar-refractivity contribution is -0.113. The summed E-state index contributed by atoms with van der Waals surface area (Å²) in [6, 6.07) is 9.78. The molecule has 2 aromatic heterocycles. The van der Waals surface area contributed by atoms with Crippen LogP contribution in [0.1, 0.15) is 11.1 Å². The zero-order chi connectivity index (χ0) is 17.1. The number of hydrogen-bond acceptors (Lipinski definition) is 6. The smallest absolute Gasteiger partial charge is 0.234 e. The number of benzene rings is 1. The maximum atomic E-state index is 12.1. The standard InChI is InChI=1S/C16H17N5OS2/c1-10-5-6-12(11(2)8-10)18-14(22)9-24-16-20-19-15(21(16)17)13-4-3-7-23-13/h3-8H,9,17H2,1-2H3,(H,18,22). The molecule has 0 atom stereocenters. The Labute approximate surface area is 148 Å². The van der Waals surface area contributed by atoms with Gasteiger partial charge >= 0.3 is 0 Å². The van der Waals surface area contributed by atoms with Gasteiger partial charge in [-0.2, -0.15) is 0 Å². The van der Waals surface area contributed by atoms with E-state index in [4.69, 9.17) is 5.84 Å². The number of nitrogen functional groups attached to an aromatic ring is 1. The minimum absolute atomic E-state index is 0.104. The molecule has 0 aliphatic carbocycles. The Morgan fingerprint density at radius 2 is 2.17 bits per heavy atom. The van der Waals surface area contributed by atoms with Crippen molar-refractivity contribution >= 4 is 34.7 Å². The predicted molar refractivity (Wildman–Crippen MR) is 98.8 cm³/mol. The van der Waals surface area contributed by atoms with Crippen LogP contribution in [-0.2, 0) is 4.79 Å². The van der Waals surface area contributed by atoms with Gasteiger partial charge in [0.25, 0.3) is 0 Å². The summed E-state index contributed by atoms with van der Waals surface area (Å²) in [5.41, 5.74) is 3.02. The first-order chi connectivity index (χ1) is 11.5. The average Bonchev–Trinajstić information content (AvgIpc) is 3.18. The van der Waals surface area contributed by atoms with Crippen molar-refractivity contribution in [2.75, 3.05) is 16.9 Å². The summed E-state index contributed by atoms with van der Waals surface area (Å²) in [7, 11) is 0. The van der Waals surface area contributed by atoms with Crippen LogP contribution in [-0.4, -0.2) is 26.5 Å². The maximum absolute atomic E-state index is 12.1. The van der Waals surface area contributed by atoms with E-state index in [0.29, 0.717) is 11.0 Å². The molecule has 124 valence electrons. The van der Waals surface area contributed by atoms with Gasteiger partial charge in [0.1, 0.15) is 0 Å². The van der Waals surface area contributed by atoms with Crippen molar-refractivity contribution in [3.63, 3.8) is 0 Å². The average molecular weight is 359 g/mol. The molecular formula is C16H17N5OS2. The van der Waals surface area contributed by atoms with Crippen LogP contribution in [0.25, 0.3) is 10.7 Å². The van der Waals surface area contributed by atoms with E-state index in [1.165, 1.54) is 16.4 Å². The summed E-state index contributed by atoms with van der Waals surface area (Å²) in [6.45, 7) is 3.99. The van der Waals surface area contributed by atoms with Crippen LogP contribution in [0.4, 0.5) is 5.69 Å². The number of nitrogens with one attached hydrogen (secondary N) is 1. The van der Waals surface area contributed by atoms with Crippen LogP contribution in [0, 0.1) is 13.8 Å². The topological polar surface area (TPSA) is 85.8 Å². The van der Waals surface area contributed by atoms with Gasteiger partial charge in [0.05, 0.1) is 10.6 Å². The van der Waals surface area contributed by atoms with E-state index in [0.717, 1.165) is 21.7 Å². The molecule has 0 radical (unpaired) electrons. The Bertz CT molecular complexity index is 857. The predicted octanol–water partition coefficient (Wildman–Crippen LogP) is 3.07. The van der Waals surface area contributed by atoms with Gasteiger partial charge in [-0.25, -0.2) is 4.68 Å². The Hall–Kier alpha value is -2.32. The van der Waals surface area contributed by atoms with E-state index in [-0.39, 0.29) is 11.7 Å². The molecule has 1 aromatic carbocycles. The highest BCUT2D eigenvalue weighted by atomic mass is 32.2. The summed E-state index contributed by atoms with van der Waals surface area (Å²) in [4.78, 5) is 13.1. The van der Waals surface area contributed by atoms with Crippen molar-refractivity contribution in [3.8, 4) is 10.7 Å². The van der Waals surface area contributed by atoms with Crippen molar-refractivity contribution in [3.05, 3.63) is 46.8 Å². The third-order valence-electron chi connectivity index (χ3n) is 3.39. The highest BCUT2D eigenvalue weighted by Gasteiger charge is 2.14. The molecule has 0 saturated heterocycles. The molecule has 0 spiro atoms. The number of nitrogens with zero attached hydrogens (tertiary/aromatic N) is 3. The summed E-state index contributed by atoms with van der Waals surface area (Å²) >= 11 is 2.80. The molecule has 24 heavy (non-hydrogen) atoms. The summed E-state index contributed by atoms with van der Waals surface area (Å²) in [5.74, 6) is 6.73. The molecule has 0 aliphatic rings. The zero-order valence-corrected chi connectivity index (χ0v) is 14.9. The largest absolute Gasteiger partial charge is 0.335 e. The Morgan fingerprint density at radius 1 is 1.33 bits per heavy atom. The minimum Gasteiger partial charge on any atom is -0.335 e. The van der Waals surface area contributed by atoms with Crippen molar-refractivity contribution in [2.45, 2.75) is 19.0 Å². The molecule has 3 rings (SSSR count). The lowest BCUT2D eigenvalue weighted by atomic mass is 10.1. The zero-order valence-electron chi connectivity index (χ0n) is 13.3. The molecule has 1 amide bonds. The van der Waals surface area contributed by atoms with E-state index < -0.39 is 0 Å². The van der Waals surface area contributed by atoms with Gasteiger partial charge in [0, 0.05) is 5.69 Å². The lowest BCUT2D eigenvalue weighted by Crippen LogP contribution is -2.16. The number of thiophene rings is 1. The number of anilines is 1. The molecule has 0 aliphatic heterocycles. The number of carbonyl (C=O) groups is 1.